The van der Waals surface area contributed by atoms with Gasteiger partial charge in [-0.25, -0.2) is 9.97 Å². The predicted molar refractivity (Wildman–Crippen MR) is 222 cm³/mol. The van der Waals surface area contributed by atoms with E-state index in [0.717, 1.165) is 67.7 Å². The Morgan fingerprint density at radius 1 is 0.434 bits per heavy atom. The molecule has 0 N–H and O–H groups in total. The van der Waals surface area contributed by atoms with Gasteiger partial charge in [-0.1, -0.05) is 108 Å². The number of aryl methyl sites for hydroxylation is 3. The minimum Gasteiger partial charge on any atom is -0.310 e. The van der Waals surface area contributed by atoms with E-state index in [1.54, 1.807) is 0 Å². The van der Waals surface area contributed by atoms with Crippen molar-refractivity contribution in [3.8, 4) is 39.6 Å². The maximum Gasteiger partial charge on any atom is 0.160 e. The minimum atomic E-state index is 0.726. The van der Waals surface area contributed by atoms with E-state index in [0.29, 0.717) is 0 Å². The van der Waals surface area contributed by atoms with Crippen molar-refractivity contribution in [2.24, 2.45) is 0 Å². The number of anilines is 3. The molecule has 254 valence electrons. The van der Waals surface area contributed by atoms with Crippen LogP contribution in [0.1, 0.15) is 16.7 Å². The van der Waals surface area contributed by atoms with E-state index in [9.17, 15) is 0 Å². The summed E-state index contributed by atoms with van der Waals surface area (Å²) < 4.78 is 2.39. The number of aromatic nitrogens is 3. The van der Waals surface area contributed by atoms with Crippen molar-refractivity contribution in [3.63, 3.8) is 0 Å². The lowest BCUT2D eigenvalue weighted by Gasteiger charge is -2.25. The second-order valence-electron chi connectivity index (χ2n) is 13.8. The van der Waals surface area contributed by atoms with E-state index in [4.69, 9.17) is 9.97 Å². The molecular formula is C49H38N4. The van der Waals surface area contributed by atoms with Crippen LogP contribution in [0, 0.1) is 20.8 Å². The summed E-state index contributed by atoms with van der Waals surface area (Å²) in [5.74, 6) is 0.726. The molecular weight excluding hydrogens is 645 g/mol. The zero-order chi connectivity index (χ0) is 35.9. The molecule has 0 saturated heterocycles. The van der Waals surface area contributed by atoms with Crippen molar-refractivity contribution in [1.29, 1.82) is 0 Å². The van der Waals surface area contributed by atoms with Crippen LogP contribution in [0.4, 0.5) is 17.1 Å². The Bertz CT molecular complexity index is 2660. The van der Waals surface area contributed by atoms with Crippen LogP contribution < -0.4 is 4.90 Å². The van der Waals surface area contributed by atoms with E-state index in [1.807, 2.05) is 0 Å². The van der Waals surface area contributed by atoms with Crippen molar-refractivity contribution in [2.75, 3.05) is 4.90 Å². The monoisotopic (exact) mass is 682 g/mol. The van der Waals surface area contributed by atoms with Crippen LogP contribution in [0.15, 0.2) is 176 Å². The van der Waals surface area contributed by atoms with Crippen LogP contribution in [0.5, 0.6) is 0 Å². The fourth-order valence-electron chi connectivity index (χ4n) is 7.50. The summed E-state index contributed by atoms with van der Waals surface area (Å²) in [6.45, 7) is 6.41. The lowest BCUT2D eigenvalue weighted by molar-refractivity contribution is 1.16. The molecule has 0 atom stereocenters. The third-order valence-corrected chi connectivity index (χ3v) is 10.0. The van der Waals surface area contributed by atoms with Crippen LogP contribution in [0.25, 0.3) is 61.4 Å². The minimum absolute atomic E-state index is 0.726. The van der Waals surface area contributed by atoms with Gasteiger partial charge < -0.3 is 9.47 Å². The molecule has 9 rings (SSSR count). The molecule has 0 saturated carbocycles. The molecule has 0 amide bonds. The van der Waals surface area contributed by atoms with Gasteiger partial charge in [0.05, 0.1) is 22.4 Å². The third kappa shape index (κ3) is 6.04. The maximum atomic E-state index is 5.17. The van der Waals surface area contributed by atoms with Gasteiger partial charge in [-0.3, -0.25) is 0 Å². The molecule has 0 unspecified atom stereocenters. The molecule has 0 radical (unpaired) electrons. The van der Waals surface area contributed by atoms with Crippen LogP contribution in [-0.4, -0.2) is 14.5 Å². The summed E-state index contributed by atoms with van der Waals surface area (Å²) in [5.41, 5.74) is 15.3. The number of rotatable bonds is 7. The highest BCUT2D eigenvalue weighted by Gasteiger charge is 2.18. The quantitative estimate of drug-likeness (QED) is 0.168. The molecule has 2 heterocycles. The van der Waals surface area contributed by atoms with Crippen molar-refractivity contribution < 1.29 is 0 Å². The Kier molecular flexibility index (Phi) is 8.13. The normalized spacial score (nSPS) is 11.3. The van der Waals surface area contributed by atoms with E-state index < -0.39 is 0 Å². The van der Waals surface area contributed by atoms with Crippen LogP contribution >= 0.6 is 0 Å². The largest absolute Gasteiger partial charge is 0.310 e. The van der Waals surface area contributed by atoms with Gasteiger partial charge in [0.15, 0.2) is 5.82 Å². The summed E-state index contributed by atoms with van der Waals surface area (Å²) in [4.78, 5) is 12.6. The first-order valence-electron chi connectivity index (χ1n) is 18.1. The van der Waals surface area contributed by atoms with E-state index >= 15 is 0 Å². The van der Waals surface area contributed by atoms with Crippen LogP contribution in [0.2, 0.25) is 0 Å². The van der Waals surface area contributed by atoms with Crippen molar-refractivity contribution in [2.45, 2.75) is 20.8 Å². The van der Waals surface area contributed by atoms with Gasteiger partial charge in [-0.05, 0) is 105 Å². The van der Waals surface area contributed by atoms with Gasteiger partial charge in [0.25, 0.3) is 0 Å². The van der Waals surface area contributed by atoms with E-state index in [2.05, 4.69) is 206 Å². The average molecular weight is 683 g/mol. The number of hydrogen-bond donors (Lipinski definition) is 0. The molecule has 0 aliphatic rings. The highest BCUT2D eigenvalue weighted by atomic mass is 15.1. The fourth-order valence-corrected chi connectivity index (χ4v) is 7.50. The molecule has 7 aromatic carbocycles. The standard InChI is InChI=1S/C49H38N4/c1-33-14-12-16-36(28-33)45-32-46(51-49(50-45)37-17-13-15-34(2)29-37)42-26-24-40(30-35(42)3)53-47-23-11-10-22-43(47)44-31-41(25-27-48(44)53)52(38-18-6-4-7-19-38)39-20-8-5-9-21-39/h4-32H,1-3H3. The highest BCUT2D eigenvalue weighted by Crippen LogP contribution is 2.40. The van der Waals surface area contributed by atoms with Gasteiger partial charge in [-0.15, -0.1) is 0 Å². The Morgan fingerprint density at radius 3 is 1.75 bits per heavy atom. The SMILES string of the molecule is Cc1cccc(-c2cc(-c3ccc(-n4c5ccccc5c5cc(N(c6ccccc6)c6ccccc6)ccc54)cc3C)nc(-c3cccc(C)c3)n2)c1. The van der Waals surface area contributed by atoms with Gasteiger partial charge in [0, 0.05) is 50.2 Å². The summed E-state index contributed by atoms with van der Waals surface area (Å²) in [5, 5.41) is 2.42. The first-order valence-corrected chi connectivity index (χ1v) is 18.1. The van der Waals surface area contributed by atoms with Gasteiger partial charge in [0.1, 0.15) is 0 Å². The lowest BCUT2D eigenvalue weighted by atomic mass is 10.0. The smallest absolute Gasteiger partial charge is 0.160 e. The second kappa shape index (κ2) is 13.4. The summed E-state index contributed by atoms with van der Waals surface area (Å²) in [6.07, 6.45) is 0. The first-order chi connectivity index (χ1) is 26.0. The Labute approximate surface area is 310 Å². The number of benzene rings is 7. The van der Waals surface area contributed by atoms with Gasteiger partial charge in [-0.2, -0.15) is 0 Å². The molecule has 4 nitrogen and oxygen atoms in total. The molecule has 2 aromatic heterocycles. The zero-order valence-electron chi connectivity index (χ0n) is 30.0. The highest BCUT2D eigenvalue weighted by molar-refractivity contribution is 6.10. The Balaban J connectivity index is 1.18. The van der Waals surface area contributed by atoms with Crippen molar-refractivity contribution in [1.82, 2.24) is 14.5 Å². The predicted octanol–water partition coefficient (Wildman–Crippen LogP) is 13.0. The van der Waals surface area contributed by atoms with E-state index in [1.165, 1.54) is 27.4 Å². The molecule has 53 heavy (non-hydrogen) atoms. The van der Waals surface area contributed by atoms with Crippen molar-refractivity contribution in [3.05, 3.63) is 193 Å². The molecule has 0 fully saturated rings. The van der Waals surface area contributed by atoms with E-state index in [-0.39, 0.29) is 0 Å². The maximum absolute atomic E-state index is 5.17. The molecule has 0 aliphatic heterocycles. The number of para-hydroxylation sites is 3. The Morgan fingerprint density at radius 2 is 1.06 bits per heavy atom. The Hall–Kier alpha value is -6.78. The summed E-state index contributed by atoms with van der Waals surface area (Å²) >= 11 is 0. The first kappa shape index (κ1) is 32.1. The zero-order valence-corrected chi connectivity index (χ0v) is 30.0. The topological polar surface area (TPSA) is 34.0 Å². The van der Waals surface area contributed by atoms with Crippen molar-refractivity contribution >= 4 is 38.9 Å². The molecule has 0 spiro atoms. The number of hydrogen-bond acceptors (Lipinski definition) is 3. The molecule has 4 heteroatoms. The summed E-state index contributed by atoms with van der Waals surface area (Å²) in [7, 11) is 0. The van der Waals surface area contributed by atoms with Gasteiger partial charge >= 0.3 is 0 Å². The van der Waals surface area contributed by atoms with Gasteiger partial charge in [0.2, 0.25) is 0 Å². The number of fused-ring (bicyclic) bond motifs is 3. The van der Waals surface area contributed by atoms with Crippen LogP contribution in [0.3, 0.4) is 0 Å². The molecule has 0 bridgehead atoms. The molecule has 9 aromatic rings. The third-order valence-electron chi connectivity index (χ3n) is 10.0. The van der Waals surface area contributed by atoms with Crippen LogP contribution in [-0.2, 0) is 0 Å². The lowest BCUT2D eigenvalue weighted by Crippen LogP contribution is -2.09. The summed E-state index contributed by atoms with van der Waals surface area (Å²) in [6, 6.07) is 62.5. The molecule has 0 aliphatic carbocycles. The fraction of sp³-hybridized carbons (Fsp3) is 0.0612. The average Bonchev–Trinajstić information content (AvgIpc) is 3.52. The second-order valence-corrected chi connectivity index (χ2v) is 13.8. The number of nitrogens with zero attached hydrogens (tertiary/aromatic N) is 4.